The van der Waals surface area contributed by atoms with Crippen molar-refractivity contribution in [2.24, 2.45) is 0 Å². The Bertz CT molecular complexity index is 4620. The smallest absolute Gasteiger partial charge is 0.314 e. The van der Waals surface area contributed by atoms with Crippen LogP contribution in [0.5, 0.6) is 0 Å². The predicted octanol–water partition coefficient (Wildman–Crippen LogP) is 16.0. The van der Waals surface area contributed by atoms with Crippen LogP contribution in [0.2, 0.25) is 5.15 Å². The van der Waals surface area contributed by atoms with Crippen LogP contribution in [0, 0.1) is 25.5 Å². The van der Waals surface area contributed by atoms with E-state index >= 15 is 0 Å². The van der Waals surface area contributed by atoms with E-state index in [1.165, 1.54) is 77.9 Å². The Morgan fingerprint density at radius 1 is 0.465 bits per heavy atom. The van der Waals surface area contributed by atoms with Gasteiger partial charge in [0.15, 0.2) is 0 Å². The SMILES string of the molecule is CC(Nc1ncc(-c2nnc(C(F)F)o2)cn1)c1ccc(Cl)nc1.CC(Nc1ncc(-c2nnc(C(F)F)o2)cn1)c1ccc(F)cc1F.Cc1cccc(C)c1C1(Nc2ncc(-c3nnc(C(F)F)o3)cn2)CC1.FC(F)c1nnc(-c2cnc(NC3CCCC3c3ccccc3)nc2)o1. The molecule has 25 nitrogen and oxygen atoms in total. The van der Waals surface area contributed by atoms with Gasteiger partial charge in [-0.3, -0.25) is 0 Å². The molecular weight excluding hydrogens is 1360 g/mol. The third kappa shape index (κ3) is 18.0. The molecule has 2 aliphatic rings. The Labute approximate surface area is 571 Å². The molecule has 3 aromatic carbocycles. The van der Waals surface area contributed by atoms with Gasteiger partial charge < -0.3 is 38.9 Å². The number of rotatable bonds is 20. The maximum atomic E-state index is 13.7. The molecule has 4 atom stereocenters. The highest BCUT2D eigenvalue weighted by Crippen LogP contribution is 2.50. The first-order valence-corrected chi connectivity index (χ1v) is 31.0. The van der Waals surface area contributed by atoms with E-state index in [0.29, 0.717) is 45.6 Å². The molecule has 101 heavy (non-hydrogen) atoms. The monoisotopic (exact) mass is 1420 g/mol. The molecule has 0 spiro atoms. The van der Waals surface area contributed by atoms with E-state index < -0.39 is 66.9 Å². The average molecular weight is 1420 g/mol. The summed E-state index contributed by atoms with van der Waals surface area (Å²) in [5.74, 6) is -2.66. The Balaban J connectivity index is 0.000000136. The highest BCUT2D eigenvalue weighted by molar-refractivity contribution is 6.29. The summed E-state index contributed by atoms with van der Waals surface area (Å²) in [6.07, 6.45) is 7.06. The number of halogens is 11. The second-order valence-electron chi connectivity index (χ2n) is 22.7. The molecule has 0 amide bonds. The lowest BCUT2D eigenvalue weighted by molar-refractivity contribution is 0.115. The number of aryl methyl sites for hydroxylation is 2. The molecule has 522 valence electrons. The number of benzene rings is 3. The lowest BCUT2D eigenvalue weighted by atomic mass is 9.94. The summed E-state index contributed by atoms with van der Waals surface area (Å²) in [4.78, 5) is 37.3. The minimum Gasteiger partial charge on any atom is -0.415 e. The van der Waals surface area contributed by atoms with Crippen molar-refractivity contribution in [3.8, 4) is 45.8 Å². The van der Waals surface area contributed by atoms with Crippen molar-refractivity contribution < 1.29 is 61.6 Å². The van der Waals surface area contributed by atoms with Crippen LogP contribution in [0.1, 0.15) is 147 Å². The van der Waals surface area contributed by atoms with Crippen LogP contribution in [0.15, 0.2) is 152 Å². The van der Waals surface area contributed by atoms with Crippen LogP contribution in [0.3, 0.4) is 0 Å². The van der Waals surface area contributed by atoms with Gasteiger partial charge in [-0.25, -0.2) is 53.6 Å². The highest BCUT2D eigenvalue weighted by atomic mass is 35.5. The number of anilines is 4. The fourth-order valence-corrected chi connectivity index (χ4v) is 10.7. The van der Waals surface area contributed by atoms with Gasteiger partial charge in [0.1, 0.15) is 16.8 Å². The largest absolute Gasteiger partial charge is 0.415 e. The molecule has 0 saturated heterocycles. The lowest BCUT2D eigenvalue weighted by Crippen LogP contribution is -2.23. The van der Waals surface area contributed by atoms with Crippen molar-refractivity contribution in [3.05, 3.63) is 208 Å². The van der Waals surface area contributed by atoms with Gasteiger partial charge in [-0.05, 0) is 93.3 Å². The molecule has 36 heteroatoms. The predicted molar refractivity (Wildman–Crippen MR) is 342 cm³/mol. The summed E-state index contributed by atoms with van der Waals surface area (Å²) in [5.41, 5.74) is 7.46. The Kier molecular flexibility index (Phi) is 22.4. The summed E-state index contributed by atoms with van der Waals surface area (Å²) in [5, 5.41) is 40.4. The van der Waals surface area contributed by atoms with Crippen LogP contribution in [-0.4, -0.2) is 91.7 Å². The second kappa shape index (κ2) is 32.0. The zero-order chi connectivity index (χ0) is 71.3. The zero-order valence-corrected chi connectivity index (χ0v) is 54.0. The molecule has 4 N–H and O–H groups in total. The van der Waals surface area contributed by atoms with Gasteiger partial charge in [-0.1, -0.05) is 78.7 Å². The minimum absolute atomic E-state index is 0.0186. The molecule has 2 fully saturated rings. The van der Waals surface area contributed by atoms with Crippen LogP contribution in [-0.2, 0) is 5.54 Å². The Hall–Kier alpha value is -11.5. The fraction of sp³-hybridized carbons (Fsp3) is 0.277. The number of hydrogen-bond acceptors (Lipinski definition) is 25. The number of pyridine rings is 1. The number of alkyl halides is 8. The molecular formula is C65H56ClF10N21O4. The summed E-state index contributed by atoms with van der Waals surface area (Å²) in [6.45, 7) is 7.77. The van der Waals surface area contributed by atoms with Crippen LogP contribution in [0.25, 0.3) is 45.8 Å². The van der Waals surface area contributed by atoms with E-state index in [4.69, 9.17) is 29.3 Å². The van der Waals surface area contributed by atoms with E-state index in [-0.39, 0.29) is 58.3 Å². The summed E-state index contributed by atoms with van der Waals surface area (Å²) in [7, 11) is 0. The molecule has 2 saturated carbocycles. The fourth-order valence-electron chi connectivity index (χ4n) is 10.6. The van der Waals surface area contributed by atoms with E-state index in [1.54, 1.807) is 19.2 Å². The van der Waals surface area contributed by atoms with Crippen molar-refractivity contribution in [2.75, 3.05) is 21.3 Å². The van der Waals surface area contributed by atoms with Crippen molar-refractivity contribution in [1.82, 2.24) is 85.6 Å². The standard InChI is InChI=1S/2C18H17F2N5O.C15H11F4N5O.C14H11ClF2N6O/c1-10-4-3-5-11(2)13(10)18(6-7-18)23-17-21-8-12(9-22-17)15-24-25-16(26-15)14(19)20;19-15(20)17-25-24-16(26-17)12-9-21-18(22-10-12)23-14-8-4-7-13(14)11-5-2-1-3-6-11;1-7(10-3-2-9(16)4-11(10)17)22-15-20-5-8(6-21-15)13-23-24-14(25-13)12(18)19;1-7(8-2-3-10(15)18-4-8)21-14-19-5-9(6-20-14)12-22-23-13(24-12)11(16)17/h3-5,8-9,14H,6-7H2,1-2H3,(H,21,22,23);1-3,5-6,9-10,13-15H,4,7-8H2,(H,21,22,23);2-7,12H,1H3,(H,20,21,22);2-7,11H,1H3,(H,19,20,21). The summed E-state index contributed by atoms with van der Waals surface area (Å²) < 4.78 is 146. The second-order valence-corrected chi connectivity index (χ2v) is 23.0. The van der Waals surface area contributed by atoms with Gasteiger partial charge in [-0.15, -0.1) is 40.8 Å². The highest BCUT2D eigenvalue weighted by Gasteiger charge is 2.47. The average Bonchev–Trinajstić information content (AvgIpc) is 1.60. The first-order chi connectivity index (χ1) is 48.6. The van der Waals surface area contributed by atoms with Gasteiger partial charge >= 0.3 is 25.7 Å². The molecule has 2 aliphatic carbocycles. The normalized spacial score (nSPS) is 15.0. The van der Waals surface area contributed by atoms with Gasteiger partial charge in [0.2, 0.25) is 23.8 Å². The van der Waals surface area contributed by atoms with E-state index in [0.717, 1.165) is 49.8 Å². The van der Waals surface area contributed by atoms with Gasteiger partial charge in [0.05, 0.1) is 39.9 Å². The molecule has 0 radical (unpaired) electrons. The van der Waals surface area contributed by atoms with Gasteiger partial charge in [0, 0.05) is 79.4 Å². The molecule has 9 aromatic heterocycles. The zero-order valence-electron chi connectivity index (χ0n) is 53.2. The molecule has 12 aromatic rings. The maximum absolute atomic E-state index is 13.7. The van der Waals surface area contributed by atoms with Gasteiger partial charge in [0.25, 0.3) is 47.1 Å². The Morgan fingerprint density at radius 2 is 0.901 bits per heavy atom. The Morgan fingerprint density at radius 3 is 1.31 bits per heavy atom. The van der Waals surface area contributed by atoms with E-state index in [2.05, 4.69) is 145 Å². The van der Waals surface area contributed by atoms with Crippen LogP contribution >= 0.6 is 11.6 Å². The summed E-state index contributed by atoms with van der Waals surface area (Å²) >= 11 is 5.75. The van der Waals surface area contributed by atoms with E-state index in [9.17, 15) is 43.9 Å². The number of hydrogen-bond donors (Lipinski definition) is 4. The van der Waals surface area contributed by atoms with Crippen LogP contribution in [0.4, 0.5) is 67.7 Å². The van der Waals surface area contributed by atoms with E-state index in [1.807, 2.05) is 37.3 Å². The maximum Gasteiger partial charge on any atom is 0.314 e. The van der Waals surface area contributed by atoms with Gasteiger partial charge in [-0.2, -0.15) is 35.1 Å². The van der Waals surface area contributed by atoms with Crippen molar-refractivity contribution >= 4 is 35.4 Å². The quantitative estimate of drug-likeness (QED) is 0.0407. The third-order valence-corrected chi connectivity index (χ3v) is 15.8. The summed E-state index contributed by atoms with van der Waals surface area (Å²) in [6, 6.07) is 23.1. The molecule has 0 aliphatic heterocycles. The first kappa shape index (κ1) is 70.8. The number of aromatic nitrogens is 17. The lowest BCUT2D eigenvalue weighted by Gasteiger charge is -2.22. The topological polar surface area (TPSA) is 320 Å². The molecule has 9 heterocycles. The van der Waals surface area contributed by atoms with Crippen LogP contribution < -0.4 is 21.3 Å². The first-order valence-electron chi connectivity index (χ1n) is 30.7. The van der Waals surface area contributed by atoms with Crippen molar-refractivity contribution in [3.63, 3.8) is 0 Å². The molecule has 4 unspecified atom stereocenters. The minimum atomic E-state index is -2.87. The molecule has 14 rings (SSSR count). The number of nitrogens with one attached hydrogen (secondary N) is 4. The van der Waals surface area contributed by atoms with Crippen molar-refractivity contribution in [1.29, 1.82) is 0 Å². The van der Waals surface area contributed by atoms with Crippen molar-refractivity contribution in [2.45, 2.75) is 115 Å². The third-order valence-electron chi connectivity index (χ3n) is 15.6. The number of nitrogens with zero attached hydrogens (tertiary/aromatic N) is 17. The molecule has 0 bridgehead atoms.